The third-order valence-corrected chi connectivity index (χ3v) is 2.37. The van der Waals surface area contributed by atoms with Crippen molar-refractivity contribution < 1.29 is 13.2 Å². The largest absolute Gasteiger partial charge is 0.382 e. The fourth-order valence-electron chi connectivity index (χ4n) is 1.09. The van der Waals surface area contributed by atoms with Crippen LogP contribution in [0, 0.1) is 23.4 Å². The molecule has 0 fully saturated rings. The fraction of sp³-hybridized carbons (Fsp3) is 0.455. The molecule has 0 radical (unpaired) electrons. The molecule has 4 heteroatoms. The minimum atomic E-state index is -1.43. The van der Waals surface area contributed by atoms with Crippen molar-refractivity contribution in [3.8, 4) is 0 Å². The lowest BCUT2D eigenvalue weighted by Crippen LogP contribution is -2.12. The maximum Gasteiger partial charge on any atom is 0.196 e. The Morgan fingerprint density at radius 3 is 2.47 bits per heavy atom. The Balaban J connectivity index is 2.74. The number of halogens is 3. The zero-order chi connectivity index (χ0) is 11.4. The second kappa shape index (κ2) is 5.05. The average molecular weight is 217 g/mol. The number of benzene rings is 1. The van der Waals surface area contributed by atoms with Gasteiger partial charge in [0.25, 0.3) is 0 Å². The quantitative estimate of drug-likeness (QED) is 0.760. The highest BCUT2D eigenvalue weighted by atomic mass is 19.2. The van der Waals surface area contributed by atoms with E-state index in [0.29, 0.717) is 12.5 Å². The summed E-state index contributed by atoms with van der Waals surface area (Å²) in [6, 6.07) is 2.12. The molecule has 0 aliphatic carbocycles. The van der Waals surface area contributed by atoms with Crippen LogP contribution in [0.3, 0.4) is 0 Å². The zero-order valence-electron chi connectivity index (χ0n) is 8.78. The average Bonchev–Trinajstić information content (AvgIpc) is 2.24. The first-order valence-corrected chi connectivity index (χ1v) is 4.93. The van der Waals surface area contributed by atoms with E-state index in [0.717, 1.165) is 12.5 Å². The van der Waals surface area contributed by atoms with Crippen molar-refractivity contribution in [2.75, 3.05) is 11.9 Å². The van der Waals surface area contributed by atoms with Crippen molar-refractivity contribution in [2.24, 2.45) is 5.92 Å². The van der Waals surface area contributed by atoms with Crippen molar-refractivity contribution in [1.29, 1.82) is 0 Å². The number of hydrogen-bond donors (Lipinski definition) is 1. The molecular weight excluding hydrogens is 203 g/mol. The highest BCUT2D eigenvalue weighted by molar-refractivity contribution is 5.45. The third kappa shape index (κ3) is 2.88. The Morgan fingerprint density at radius 1 is 1.20 bits per heavy atom. The molecule has 1 unspecified atom stereocenters. The topological polar surface area (TPSA) is 12.0 Å². The molecule has 0 aromatic heterocycles. The van der Waals surface area contributed by atoms with Crippen LogP contribution in [-0.2, 0) is 0 Å². The number of hydrogen-bond acceptors (Lipinski definition) is 1. The molecule has 0 saturated heterocycles. The van der Waals surface area contributed by atoms with Crippen LogP contribution in [0.1, 0.15) is 20.3 Å². The smallest absolute Gasteiger partial charge is 0.196 e. The lowest BCUT2D eigenvalue weighted by Gasteiger charge is -2.12. The normalized spacial score (nSPS) is 12.6. The van der Waals surface area contributed by atoms with Gasteiger partial charge in [-0.05, 0) is 18.1 Å². The maximum absolute atomic E-state index is 13.1. The van der Waals surface area contributed by atoms with E-state index in [1.54, 1.807) is 0 Å². The Hall–Kier alpha value is -1.19. The van der Waals surface area contributed by atoms with Gasteiger partial charge in [0.2, 0.25) is 0 Å². The summed E-state index contributed by atoms with van der Waals surface area (Å²) in [5.41, 5.74) is 0.00852. The molecule has 0 saturated carbocycles. The first-order valence-electron chi connectivity index (χ1n) is 4.93. The molecule has 0 bridgehead atoms. The van der Waals surface area contributed by atoms with Crippen LogP contribution in [-0.4, -0.2) is 6.54 Å². The zero-order valence-corrected chi connectivity index (χ0v) is 8.78. The lowest BCUT2D eigenvalue weighted by atomic mass is 10.1. The van der Waals surface area contributed by atoms with Crippen LogP contribution in [0.4, 0.5) is 18.9 Å². The van der Waals surface area contributed by atoms with Crippen molar-refractivity contribution in [2.45, 2.75) is 20.3 Å². The molecule has 0 heterocycles. The van der Waals surface area contributed by atoms with E-state index in [1.165, 1.54) is 6.07 Å². The number of nitrogens with one attached hydrogen (secondary N) is 1. The summed E-state index contributed by atoms with van der Waals surface area (Å²) in [6.45, 7) is 4.54. The summed E-state index contributed by atoms with van der Waals surface area (Å²) in [5.74, 6) is -3.39. The summed E-state index contributed by atoms with van der Waals surface area (Å²) in [7, 11) is 0. The molecule has 0 aliphatic heterocycles. The molecule has 1 atom stereocenters. The second-order valence-corrected chi connectivity index (χ2v) is 3.62. The van der Waals surface area contributed by atoms with E-state index in [2.05, 4.69) is 5.32 Å². The van der Waals surface area contributed by atoms with Crippen molar-refractivity contribution in [1.82, 2.24) is 0 Å². The Labute approximate surface area is 87.3 Å². The molecule has 1 N–H and O–H groups in total. The highest BCUT2D eigenvalue weighted by Crippen LogP contribution is 2.19. The van der Waals surface area contributed by atoms with Crippen molar-refractivity contribution >= 4 is 5.69 Å². The molecule has 84 valence electrons. The highest BCUT2D eigenvalue weighted by Gasteiger charge is 2.13. The molecule has 0 spiro atoms. The predicted octanol–water partition coefficient (Wildman–Crippen LogP) is 3.56. The minimum absolute atomic E-state index is 0.00852. The van der Waals surface area contributed by atoms with Crippen molar-refractivity contribution in [3.05, 3.63) is 29.6 Å². The monoisotopic (exact) mass is 217 g/mol. The summed E-state index contributed by atoms with van der Waals surface area (Å²) in [6.07, 6.45) is 0.943. The molecule has 15 heavy (non-hydrogen) atoms. The SMILES string of the molecule is CCC(C)CNc1ccc(F)c(F)c1F. The van der Waals surface area contributed by atoms with Crippen LogP contribution in [0.25, 0.3) is 0 Å². The van der Waals surface area contributed by atoms with Crippen LogP contribution < -0.4 is 5.32 Å². The van der Waals surface area contributed by atoms with E-state index in [1.807, 2.05) is 13.8 Å². The van der Waals surface area contributed by atoms with Gasteiger partial charge in [-0.25, -0.2) is 13.2 Å². The lowest BCUT2D eigenvalue weighted by molar-refractivity contribution is 0.448. The number of rotatable bonds is 4. The van der Waals surface area contributed by atoms with Gasteiger partial charge in [0, 0.05) is 6.54 Å². The van der Waals surface area contributed by atoms with Gasteiger partial charge < -0.3 is 5.32 Å². The van der Waals surface area contributed by atoms with E-state index in [-0.39, 0.29) is 5.69 Å². The van der Waals surface area contributed by atoms with E-state index >= 15 is 0 Å². The Morgan fingerprint density at radius 2 is 1.87 bits per heavy atom. The molecule has 1 nitrogen and oxygen atoms in total. The van der Waals surface area contributed by atoms with E-state index in [9.17, 15) is 13.2 Å². The summed E-state index contributed by atoms with van der Waals surface area (Å²) < 4.78 is 38.5. The van der Waals surface area contributed by atoms with Gasteiger partial charge in [0.15, 0.2) is 17.5 Å². The first-order chi connectivity index (χ1) is 7.06. The molecule has 1 aromatic carbocycles. The molecular formula is C11H14F3N. The van der Waals surface area contributed by atoms with Gasteiger partial charge in [-0.15, -0.1) is 0 Å². The van der Waals surface area contributed by atoms with Crippen LogP contribution >= 0.6 is 0 Å². The second-order valence-electron chi connectivity index (χ2n) is 3.62. The Bertz CT molecular complexity index is 339. The van der Waals surface area contributed by atoms with Crippen LogP contribution in [0.5, 0.6) is 0 Å². The molecule has 1 aromatic rings. The summed E-state index contributed by atoms with van der Waals surface area (Å²) in [5, 5.41) is 2.75. The van der Waals surface area contributed by atoms with E-state index < -0.39 is 17.5 Å². The minimum Gasteiger partial charge on any atom is -0.382 e. The predicted molar refractivity (Wildman–Crippen MR) is 54.3 cm³/mol. The van der Waals surface area contributed by atoms with Gasteiger partial charge in [-0.2, -0.15) is 0 Å². The van der Waals surface area contributed by atoms with Gasteiger partial charge in [0.05, 0.1) is 5.69 Å². The van der Waals surface area contributed by atoms with Gasteiger partial charge in [-0.3, -0.25) is 0 Å². The van der Waals surface area contributed by atoms with Crippen LogP contribution in [0.15, 0.2) is 12.1 Å². The molecule has 0 aliphatic rings. The van der Waals surface area contributed by atoms with Gasteiger partial charge in [0.1, 0.15) is 0 Å². The Kier molecular flexibility index (Phi) is 4.00. The third-order valence-electron chi connectivity index (χ3n) is 2.37. The molecule has 1 rings (SSSR count). The van der Waals surface area contributed by atoms with Crippen molar-refractivity contribution in [3.63, 3.8) is 0 Å². The fourth-order valence-corrected chi connectivity index (χ4v) is 1.09. The molecule has 0 amide bonds. The van der Waals surface area contributed by atoms with Gasteiger partial charge >= 0.3 is 0 Å². The number of anilines is 1. The standard InChI is InChI=1S/C11H14F3N/c1-3-7(2)6-15-9-5-4-8(12)10(13)11(9)14/h4-5,7,15H,3,6H2,1-2H3. The van der Waals surface area contributed by atoms with Gasteiger partial charge in [-0.1, -0.05) is 20.3 Å². The first kappa shape index (κ1) is 11.9. The summed E-state index contributed by atoms with van der Waals surface area (Å²) >= 11 is 0. The van der Waals surface area contributed by atoms with Crippen LogP contribution in [0.2, 0.25) is 0 Å². The maximum atomic E-state index is 13.1. The summed E-state index contributed by atoms with van der Waals surface area (Å²) in [4.78, 5) is 0. The van der Waals surface area contributed by atoms with E-state index in [4.69, 9.17) is 0 Å².